The fraction of sp³-hybridized carbons (Fsp3) is 0.667. The van der Waals surface area contributed by atoms with Crippen molar-refractivity contribution >= 4 is 25.3 Å². The molecule has 0 spiro atoms. The number of hydrogen-bond acceptors (Lipinski definition) is 10. The molecule has 1 aliphatic heterocycles. The van der Waals surface area contributed by atoms with Crippen molar-refractivity contribution < 1.29 is 32.6 Å². The van der Waals surface area contributed by atoms with Gasteiger partial charge in [-0.2, -0.15) is 0 Å². The summed E-state index contributed by atoms with van der Waals surface area (Å²) >= 11 is 0. The van der Waals surface area contributed by atoms with E-state index in [4.69, 9.17) is 26.4 Å². The summed E-state index contributed by atoms with van der Waals surface area (Å²) in [4.78, 5) is 27.0. The highest BCUT2D eigenvalue weighted by Gasteiger charge is 2.54. The molecule has 1 aromatic heterocycles. The molecule has 0 amide bonds. The van der Waals surface area contributed by atoms with E-state index in [-0.39, 0.29) is 19.4 Å². The number of methoxy groups -OCH3 is 1. The van der Waals surface area contributed by atoms with Crippen LogP contribution >= 0.6 is 0 Å². The summed E-state index contributed by atoms with van der Waals surface area (Å²) in [5.41, 5.74) is 0.767. The Kier molecular flexibility index (Phi) is 13.6. The first-order chi connectivity index (χ1) is 23.3. The molecule has 3 rings (SSSR count). The molecule has 14 heteroatoms. The van der Waals surface area contributed by atoms with E-state index in [1.807, 2.05) is 37.4 Å². The third-order valence-corrected chi connectivity index (χ3v) is 10.5. The number of nitrogens with zero attached hydrogens (tertiary/aromatic N) is 3. The van der Waals surface area contributed by atoms with Gasteiger partial charge in [-0.25, -0.2) is 13.6 Å². The molecule has 9 atom stereocenters. The highest BCUT2D eigenvalue weighted by Crippen LogP contribution is 2.41. The van der Waals surface area contributed by atoms with Crippen LogP contribution in [0.3, 0.4) is 0 Å². The van der Waals surface area contributed by atoms with Gasteiger partial charge in [-0.1, -0.05) is 37.6 Å². The molecule has 11 nitrogen and oxygen atoms in total. The van der Waals surface area contributed by atoms with Gasteiger partial charge in [0.05, 0.1) is 17.8 Å². The number of halogens is 2. The molecule has 1 aliphatic rings. The quantitative estimate of drug-likeness (QED) is 0.0837. The molecule has 0 aliphatic carbocycles. The zero-order valence-electron chi connectivity index (χ0n) is 31.0. The lowest BCUT2D eigenvalue weighted by Gasteiger charge is -2.44. The molecular weight excluding hydrogens is 645 g/mol. The Labute approximate surface area is 296 Å². The number of aromatic nitrogens is 3. The normalized spacial score (nSPS) is 34.6. The number of ether oxygens (including phenoxy) is 3. The number of unbranched alkanes of at least 4 members (excludes halogenated alkanes) is 1. The number of anilines is 1. The average molecular weight is 701 g/mol. The van der Waals surface area contributed by atoms with Gasteiger partial charge in [-0.3, -0.25) is 9.48 Å². The summed E-state index contributed by atoms with van der Waals surface area (Å²) in [6.07, 6.45) is 10.2. The van der Waals surface area contributed by atoms with Crippen LogP contribution in [-0.2, 0) is 30.3 Å². The van der Waals surface area contributed by atoms with E-state index in [1.165, 1.54) is 21.0 Å². The van der Waals surface area contributed by atoms with Crippen LogP contribution in [0.4, 0.5) is 14.5 Å². The Morgan fingerprint density at radius 3 is 2.54 bits per heavy atom. The first-order valence-corrected chi connectivity index (χ1v) is 17.4. The van der Waals surface area contributed by atoms with Crippen LogP contribution in [0.5, 0.6) is 0 Å². The number of benzene rings is 1. The summed E-state index contributed by atoms with van der Waals surface area (Å²) in [5, 5.41) is 15.3. The lowest BCUT2D eigenvalue weighted by atomic mass is 9.62. The second kappa shape index (κ2) is 16.7. The maximum atomic E-state index is 16.4. The maximum absolute atomic E-state index is 16.4. The van der Waals surface area contributed by atoms with Gasteiger partial charge >= 0.3 is 5.97 Å². The second-order valence-electron chi connectivity index (χ2n) is 14.6. The number of cyclic esters (lactones) is 1. The number of rotatable bonds is 10. The van der Waals surface area contributed by atoms with Gasteiger partial charge in [0.25, 0.3) is 5.67 Å². The standard InChI is InChI=1S/C36H55BF2N6O5/c1-10-28-36(8,49-11-2)30(41-17-12-13-18-45-20-27(43-44-45)25-15-14-16-26(40)19-25)24(4)42-22-33(5,38)21-34(6,48-9)29(37)23(3)31(46)35(7,39)32(47)50-28/h2,14-16,19-20,23-24,28-30,41-42H,10,12-13,17-18,21-22,37,40H2,1,3-9H3/t23-,24-,28-,29-,30-,33?,34-,35+,36-/m1/s1. The third kappa shape index (κ3) is 9.41. The van der Waals surface area contributed by atoms with Gasteiger partial charge in [0, 0.05) is 49.8 Å². The van der Waals surface area contributed by atoms with Crippen molar-refractivity contribution in [1.29, 1.82) is 0 Å². The number of hydrogen-bond donors (Lipinski definition) is 3. The van der Waals surface area contributed by atoms with E-state index in [0.717, 1.165) is 18.9 Å². The Bertz CT molecular complexity index is 1500. The van der Waals surface area contributed by atoms with Crippen molar-refractivity contribution in [3.05, 3.63) is 30.5 Å². The van der Waals surface area contributed by atoms with Crippen molar-refractivity contribution in [2.24, 2.45) is 5.92 Å². The number of carbonyl (C=O) groups is 2. The zero-order valence-corrected chi connectivity index (χ0v) is 31.0. The van der Waals surface area contributed by atoms with Crippen LogP contribution in [0.2, 0.25) is 5.82 Å². The molecule has 2 heterocycles. The zero-order chi connectivity index (χ0) is 37.5. The molecule has 0 bridgehead atoms. The Morgan fingerprint density at radius 2 is 1.92 bits per heavy atom. The minimum absolute atomic E-state index is 0.0778. The van der Waals surface area contributed by atoms with E-state index in [1.54, 1.807) is 33.3 Å². The smallest absolute Gasteiger partial charge is 0.351 e. The van der Waals surface area contributed by atoms with E-state index >= 15 is 8.78 Å². The van der Waals surface area contributed by atoms with Crippen molar-refractivity contribution in [2.75, 3.05) is 25.9 Å². The number of Topliss-reactive ketones (excluding diaryl/α,β-unsaturated/α-hetero) is 1. The summed E-state index contributed by atoms with van der Waals surface area (Å²) < 4.78 is 51.8. The van der Waals surface area contributed by atoms with Crippen molar-refractivity contribution in [3.8, 4) is 23.8 Å². The van der Waals surface area contributed by atoms with Crippen LogP contribution in [0.25, 0.3) is 11.3 Å². The van der Waals surface area contributed by atoms with Gasteiger partial charge in [0.15, 0.2) is 11.4 Å². The monoisotopic (exact) mass is 700 g/mol. The number of aryl methyl sites for hydroxylation is 1. The second-order valence-corrected chi connectivity index (χ2v) is 14.6. The lowest BCUT2D eigenvalue weighted by Crippen LogP contribution is -2.66. The minimum atomic E-state index is -2.99. The summed E-state index contributed by atoms with van der Waals surface area (Å²) in [5.74, 6) is -3.96. The van der Waals surface area contributed by atoms with Crippen LogP contribution in [0, 0.1) is 18.4 Å². The number of nitrogens with one attached hydrogen (secondary N) is 2. The Balaban J connectivity index is 1.88. The Morgan fingerprint density at radius 1 is 1.22 bits per heavy atom. The summed E-state index contributed by atoms with van der Waals surface area (Å²) in [6.45, 7) is 11.9. The molecule has 276 valence electrons. The molecule has 4 N–H and O–H groups in total. The van der Waals surface area contributed by atoms with Crippen LogP contribution in [0.1, 0.15) is 74.1 Å². The predicted molar refractivity (Wildman–Crippen MR) is 192 cm³/mol. The summed E-state index contributed by atoms with van der Waals surface area (Å²) in [6, 6.07) is 6.28. The number of ketones is 1. The lowest BCUT2D eigenvalue weighted by molar-refractivity contribution is -0.182. The number of terminal acetylenes is 1. The fourth-order valence-corrected chi connectivity index (χ4v) is 7.06. The van der Waals surface area contributed by atoms with Crippen molar-refractivity contribution in [3.63, 3.8) is 0 Å². The largest absolute Gasteiger partial charge is 0.455 e. The van der Waals surface area contributed by atoms with Gasteiger partial charge in [-0.05, 0) is 78.4 Å². The molecule has 0 radical (unpaired) electrons. The maximum Gasteiger partial charge on any atom is 0.351 e. The molecule has 1 fully saturated rings. The van der Waals surface area contributed by atoms with E-state index in [9.17, 15) is 9.59 Å². The minimum Gasteiger partial charge on any atom is -0.455 e. The number of alkyl halides is 2. The van der Waals surface area contributed by atoms with E-state index in [0.29, 0.717) is 30.9 Å². The van der Waals surface area contributed by atoms with Crippen molar-refractivity contribution in [2.45, 2.75) is 127 Å². The third-order valence-electron chi connectivity index (χ3n) is 10.5. The highest BCUT2D eigenvalue weighted by atomic mass is 19.1. The first-order valence-electron chi connectivity index (χ1n) is 17.4. The van der Waals surface area contributed by atoms with E-state index in [2.05, 4.69) is 27.1 Å². The number of esters is 1. The molecule has 0 saturated carbocycles. The highest BCUT2D eigenvalue weighted by molar-refractivity contribution is 6.17. The van der Waals surface area contributed by atoms with Crippen LogP contribution in [-0.4, -0.2) is 95.5 Å². The molecule has 1 unspecified atom stereocenters. The molecule has 2 aromatic rings. The predicted octanol–water partition coefficient (Wildman–Crippen LogP) is 3.82. The average Bonchev–Trinajstić information content (AvgIpc) is 3.55. The summed E-state index contributed by atoms with van der Waals surface area (Å²) in [7, 11) is 3.14. The SMILES string of the molecule is B[C@@H]1[C@@H](C)C(=O)[C@](C)(F)C(=O)O[C@H](CC)[C@@](C)(OC#C)[C@H](NCCCCn2cc(-c3cccc(N)c3)nn2)[C@@H](C)NCC(C)(F)C[C@@]1(C)OC. The van der Waals surface area contributed by atoms with Gasteiger partial charge in [-0.15, -0.1) is 5.10 Å². The molecule has 1 saturated heterocycles. The van der Waals surface area contributed by atoms with Crippen LogP contribution < -0.4 is 16.4 Å². The molecule has 50 heavy (non-hydrogen) atoms. The fourth-order valence-electron chi connectivity index (χ4n) is 7.06. The Hall–Kier alpha value is -3.54. The topological polar surface area (TPSA) is 143 Å². The van der Waals surface area contributed by atoms with Crippen molar-refractivity contribution in [1.82, 2.24) is 25.6 Å². The number of nitrogens with two attached hydrogens (primary N) is 1. The van der Waals surface area contributed by atoms with Gasteiger partial charge in [0.2, 0.25) is 0 Å². The molecule has 1 aromatic carbocycles. The van der Waals surface area contributed by atoms with Gasteiger partial charge in [0.1, 0.15) is 31.4 Å². The van der Waals surface area contributed by atoms with Crippen LogP contribution in [0.15, 0.2) is 30.5 Å². The molecular formula is C36H55BF2N6O5. The first kappa shape index (κ1) is 40.9. The number of carbonyl (C=O) groups excluding carboxylic acids is 2. The number of nitrogen functional groups attached to an aromatic ring is 1. The van der Waals surface area contributed by atoms with E-state index < -0.39 is 64.2 Å². The van der Waals surface area contributed by atoms with Gasteiger partial charge < -0.3 is 30.6 Å².